The fraction of sp³-hybridized carbons (Fsp3) is 0.308. The van der Waals surface area contributed by atoms with Crippen molar-refractivity contribution in [1.29, 1.82) is 0 Å². The first-order valence-corrected chi connectivity index (χ1v) is 5.87. The van der Waals surface area contributed by atoms with Crippen LogP contribution in [0.15, 0.2) is 30.9 Å². The second-order valence-electron chi connectivity index (χ2n) is 3.69. The molecule has 0 atom stereocenters. The van der Waals surface area contributed by atoms with Crippen LogP contribution in [0.2, 0.25) is 5.02 Å². The Kier molecular flexibility index (Phi) is 5.52. The Morgan fingerprint density at radius 3 is 2.89 bits per heavy atom. The van der Waals surface area contributed by atoms with Crippen LogP contribution in [0.1, 0.15) is 6.42 Å². The molecule has 18 heavy (non-hydrogen) atoms. The third-order valence-electron chi connectivity index (χ3n) is 2.43. The van der Waals surface area contributed by atoms with Crippen molar-refractivity contribution in [2.24, 2.45) is 0 Å². The zero-order valence-corrected chi connectivity index (χ0v) is 11.0. The molecule has 1 aromatic rings. The lowest BCUT2D eigenvalue weighted by molar-refractivity contribution is -0.136. The third-order valence-corrected chi connectivity index (χ3v) is 2.66. The summed E-state index contributed by atoms with van der Waals surface area (Å²) >= 11 is 5.96. The highest BCUT2D eigenvalue weighted by atomic mass is 35.5. The van der Waals surface area contributed by atoms with Crippen molar-refractivity contribution in [3.8, 4) is 5.75 Å². The number of hydrogen-bond acceptors (Lipinski definition) is 3. The molecule has 0 spiro atoms. The number of rotatable bonds is 7. The van der Waals surface area contributed by atoms with Gasteiger partial charge in [-0.2, -0.15) is 0 Å². The largest absolute Gasteiger partial charge is 0.495 e. The van der Waals surface area contributed by atoms with Gasteiger partial charge in [0.2, 0.25) is 0 Å². The van der Waals surface area contributed by atoms with Gasteiger partial charge in [0.15, 0.2) is 0 Å². The number of carboxylic acid groups (broad SMARTS) is 1. The highest BCUT2D eigenvalue weighted by Crippen LogP contribution is 2.31. The Bertz CT molecular complexity index is 434. The van der Waals surface area contributed by atoms with Gasteiger partial charge in [-0.25, -0.2) is 0 Å². The quantitative estimate of drug-likeness (QED) is 0.774. The van der Waals surface area contributed by atoms with Gasteiger partial charge in [0, 0.05) is 18.1 Å². The molecule has 0 heterocycles. The molecule has 0 saturated carbocycles. The topological polar surface area (TPSA) is 49.8 Å². The molecule has 0 amide bonds. The highest BCUT2D eigenvalue weighted by Gasteiger charge is 2.12. The molecule has 5 heteroatoms. The molecule has 0 fully saturated rings. The second-order valence-corrected chi connectivity index (χ2v) is 4.13. The van der Waals surface area contributed by atoms with Crippen LogP contribution in [0.4, 0.5) is 5.69 Å². The molecule has 0 bridgehead atoms. The van der Waals surface area contributed by atoms with E-state index < -0.39 is 5.97 Å². The monoisotopic (exact) mass is 269 g/mol. The zero-order chi connectivity index (χ0) is 13.5. The van der Waals surface area contributed by atoms with E-state index in [0.29, 0.717) is 23.9 Å². The molecule has 1 aromatic carbocycles. The van der Waals surface area contributed by atoms with Gasteiger partial charge in [0.1, 0.15) is 5.75 Å². The summed E-state index contributed by atoms with van der Waals surface area (Å²) in [4.78, 5) is 12.5. The lowest BCUT2D eigenvalue weighted by atomic mass is 10.2. The van der Waals surface area contributed by atoms with Crippen LogP contribution < -0.4 is 9.64 Å². The molecule has 0 unspecified atom stereocenters. The normalized spacial score (nSPS) is 9.89. The number of aliphatic carboxylic acids is 1. The van der Waals surface area contributed by atoms with Crippen LogP contribution in [-0.4, -0.2) is 31.3 Å². The summed E-state index contributed by atoms with van der Waals surface area (Å²) in [6.45, 7) is 4.57. The Morgan fingerprint density at radius 1 is 1.61 bits per heavy atom. The zero-order valence-electron chi connectivity index (χ0n) is 10.2. The van der Waals surface area contributed by atoms with Gasteiger partial charge in [-0.1, -0.05) is 17.7 Å². The first-order chi connectivity index (χ1) is 8.58. The molecule has 0 saturated heterocycles. The van der Waals surface area contributed by atoms with Crippen molar-refractivity contribution >= 4 is 23.3 Å². The van der Waals surface area contributed by atoms with E-state index >= 15 is 0 Å². The predicted octanol–water partition coefficient (Wildman–Crippen LogP) is 2.82. The Balaban J connectivity index is 2.99. The lowest BCUT2D eigenvalue weighted by Gasteiger charge is -2.24. The summed E-state index contributed by atoms with van der Waals surface area (Å²) < 4.78 is 5.25. The number of methoxy groups -OCH3 is 1. The van der Waals surface area contributed by atoms with Crippen LogP contribution in [0.3, 0.4) is 0 Å². The van der Waals surface area contributed by atoms with Gasteiger partial charge >= 0.3 is 5.97 Å². The Hall–Kier alpha value is -1.68. The molecule has 4 nitrogen and oxygen atoms in total. The first kappa shape index (κ1) is 14.4. The smallest absolute Gasteiger partial charge is 0.305 e. The van der Waals surface area contributed by atoms with Gasteiger partial charge in [-0.15, -0.1) is 6.58 Å². The van der Waals surface area contributed by atoms with Crippen molar-refractivity contribution in [2.45, 2.75) is 6.42 Å². The molecule has 1 rings (SSSR count). The molecule has 98 valence electrons. The SMILES string of the molecule is C=CCN(CCC(=O)O)c1cc(Cl)ccc1OC. The van der Waals surface area contributed by atoms with E-state index in [-0.39, 0.29) is 6.42 Å². The minimum atomic E-state index is -0.843. The van der Waals surface area contributed by atoms with E-state index in [0.717, 1.165) is 5.69 Å². The van der Waals surface area contributed by atoms with Gasteiger partial charge in [0.25, 0.3) is 0 Å². The van der Waals surface area contributed by atoms with Crippen LogP contribution in [0, 0.1) is 0 Å². The second kappa shape index (κ2) is 6.91. The summed E-state index contributed by atoms with van der Waals surface area (Å²) in [7, 11) is 1.57. The van der Waals surface area contributed by atoms with E-state index in [1.807, 2.05) is 4.90 Å². The van der Waals surface area contributed by atoms with Crippen molar-refractivity contribution in [1.82, 2.24) is 0 Å². The van der Waals surface area contributed by atoms with Gasteiger partial charge in [-0.05, 0) is 18.2 Å². The minimum Gasteiger partial charge on any atom is -0.495 e. The average molecular weight is 270 g/mol. The number of carboxylic acids is 1. The van der Waals surface area contributed by atoms with Crippen LogP contribution in [-0.2, 0) is 4.79 Å². The first-order valence-electron chi connectivity index (χ1n) is 5.49. The molecule has 0 aromatic heterocycles. The number of nitrogens with zero attached hydrogens (tertiary/aromatic N) is 1. The number of ether oxygens (including phenoxy) is 1. The summed E-state index contributed by atoms with van der Waals surface area (Å²) in [6, 6.07) is 5.24. The standard InChI is InChI=1S/C13H16ClNO3/c1-3-7-15(8-6-13(16)17)11-9-10(14)4-5-12(11)18-2/h3-5,9H,1,6-8H2,2H3,(H,16,17). The van der Waals surface area contributed by atoms with E-state index in [1.165, 1.54) is 0 Å². The summed E-state index contributed by atoms with van der Waals surface area (Å²) in [5, 5.41) is 9.33. The summed E-state index contributed by atoms with van der Waals surface area (Å²) in [5.41, 5.74) is 0.770. The van der Waals surface area contributed by atoms with Crippen molar-refractivity contribution < 1.29 is 14.6 Å². The van der Waals surface area contributed by atoms with E-state index in [9.17, 15) is 4.79 Å². The third kappa shape index (κ3) is 3.96. The van der Waals surface area contributed by atoms with Gasteiger partial charge < -0.3 is 14.7 Å². The van der Waals surface area contributed by atoms with E-state index in [2.05, 4.69) is 6.58 Å². The van der Waals surface area contributed by atoms with Crippen molar-refractivity contribution in [2.75, 3.05) is 25.1 Å². The molecule has 0 aliphatic carbocycles. The van der Waals surface area contributed by atoms with E-state index in [4.69, 9.17) is 21.4 Å². The van der Waals surface area contributed by atoms with Crippen LogP contribution in [0.5, 0.6) is 5.75 Å². The number of carbonyl (C=O) groups is 1. The minimum absolute atomic E-state index is 0.0451. The molecule has 0 radical (unpaired) electrons. The molecule has 0 aliphatic rings. The number of anilines is 1. The van der Waals surface area contributed by atoms with Crippen molar-refractivity contribution in [3.63, 3.8) is 0 Å². The maximum atomic E-state index is 10.7. The fourth-order valence-electron chi connectivity index (χ4n) is 1.61. The number of hydrogen-bond donors (Lipinski definition) is 1. The molecular weight excluding hydrogens is 254 g/mol. The maximum Gasteiger partial charge on any atom is 0.305 e. The number of halogens is 1. The average Bonchev–Trinajstić information content (AvgIpc) is 2.34. The van der Waals surface area contributed by atoms with Gasteiger partial charge in [0.05, 0.1) is 19.2 Å². The Morgan fingerprint density at radius 2 is 2.33 bits per heavy atom. The lowest BCUT2D eigenvalue weighted by Crippen LogP contribution is -2.26. The van der Waals surface area contributed by atoms with Gasteiger partial charge in [-0.3, -0.25) is 4.79 Å². The fourth-order valence-corrected chi connectivity index (χ4v) is 1.77. The van der Waals surface area contributed by atoms with Crippen molar-refractivity contribution in [3.05, 3.63) is 35.9 Å². The predicted molar refractivity (Wildman–Crippen MR) is 72.7 cm³/mol. The Labute approximate surface area is 111 Å². The summed E-state index contributed by atoms with van der Waals surface area (Å²) in [5.74, 6) is -0.184. The summed E-state index contributed by atoms with van der Waals surface area (Å²) in [6.07, 6.45) is 1.76. The number of benzene rings is 1. The highest BCUT2D eigenvalue weighted by molar-refractivity contribution is 6.30. The maximum absolute atomic E-state index is 10.7. The van der Waals surface area contributed by atoms with E-state index in [1.54, 1.807) is 31.4 Å². The van der Waals surface area contributed by atoms with Crippen LogP contribution >= 0.6 is 11.6 Å². The molecular formula is C13H16ClNO3. The molecule has 0 aliphatic heterocycles. The van der Waals surface area contributed by atoms with Crippen LogP contribution in [0.25, 0.3) is 0 Å². The molecule has 1 N–H and O–H groups in total.